The van der Waals surface area contributed by atoms with Gasteiger partial charge in [-0.3, -0.25) is 9.59 Å². The molecule has 2 aliphatic heterocycles. The van der Waals surface area contributed by atoms with Gasteiger partial charge in [-0.2, -0.15) is 10.4 Å². The minimum atomic E-state index is -3.15. The summed E-state index contributed by atoms with van der Waals surface area (Å²) in [6, 6.07) is 3.07. The number of hydrazone groups is 1. The van der Waals surface area contributed by atoms with Crippen LogP contribution in [0.25, 0.3) is 0 Å². The van der Waals surface area contributed by atoms with Gasteiger partial charge < -0.3 is 5.32 Å². The summed E-state index contributed by atoms with van der Waals surface area (Å²) in [7, 11) is -3.15. The molecule has 3 rings (SSSR count). The molecule has 3 heterocycles. The third kappa shape index (κ3) is 3.32. The monoisotopic (exact) mass is 366 g/mol. The van der Waals surface area contributed by atoms with Crippen LogP contribution in [0.5, 0.6) is 0 Å². The summed E-state index contributed by atoms with van der Waals surface area (Å²) < 4.78 is 23.2. The lowest BCUT2D eigenvalue weighted by Crippen LogP contribution is -2.42. The van der Waals surface area contributed by atoms with Crippen molar-refractivity contribution in [2.75, 3.05) is 16.8 Å². The number of hydrogen-bond donors (Lipinski definition) is 1. The SMILES string of the molecule is N#Cc1ccsc1NC(=O)C1=NN([C@@H]2CCS(=O)(=O)C2)C(=O)CC1. The van der Waals surface area contributed by atoms with Gasteiger partial charge in [-0.15, -0.1) is 11.3 Å². The van der Waals surface area contributed by atoms with Gasteiger partial charge in [0.2, 0.25) is 5.91 Å². The average molecular weight is 366 g/mol. The van der Waals surface area contributed by atoms with E-state index in [1.807, 2.05) is 6.07 Å². The van der Waals surface area contributed by atoms with E-state index in [2.05, 4.69) is 10.4 Å². The fraction of sp³-hybridized carbons (Fsp3) is 0.429. The molecule has 24 heavy (non-hydrogen) atoms. The maximum Gasteiger partial charge on any atom is 0.272 e. The lowest BCUT2D eigenvalue weighted by molar-refractivity contribution is -0.133. The van der Waals surface area contributed by atoms with Crippen LogP contribution in [-0.4, -0.2) is 48.5 Å². The Morgan fingerprint density at radius 2 is 2.25 bits per heavy atom. The molecule has 2 aliphatic rings. The van der Waals surface area contributed by atoms with E-state index in [-0.39, 0.29) is 36.0 Å². The molecule has 1 N–H and O–H groups in total. The Bertz CT molecular complexity index is 866. The molecule has 0 spiro atoms. The molecule has 1 aromatic rings. The van der Waals surface area contributed by atoms with Crippen LogP contribution in [-0.2, 0) is 19.4 Å². The van der Waals surface area contributed by atoms with Gasteiger partial charge in [-0.1, -0.05) is 0 Å². The average Bonchev–Trinajstić information content (AvgIpc) is 3.13. The third-order valence-corrected chi connectivity index (χ3v) is 6.47. The number of anilines is 1. The molecular weight excluding hydrogens is 352 g/mol. The first kappa shape index (κ1) is 16.6. The van der Waals surface area contributed by atoms with E-state index in [9.17, 15) is 18.0 Å². The molecule has 1 atom stereocenters. The van der Waals surface area contributed by atoms with E-state index in [1.165, 1.54) is 11.3 Å². The van der Waals surface area contributed by atoms with Crippen molar-refractivity contribution >= 4 is 43.7 Å². The number of nitriles is 1. The van der Waals surface area contributed by atoms with Gasteiger partial charge >= 0.3 is 0 Å². The minimum Gasteiger partial charge on any atom is -0.311 e. The summed E-state index contributed by atoms with van der Waals surface area (Å²) in [5.74, 6) is -0.852. The molecule has 1 aromatic heterocycles. The van der Waals surface area contributed by atoms with E-state index >= 15 is 0 Å². The quantitative estimate of drug-likeness (QED) is 0.845. The summed E-state index contributed by atoms with van der Waals surface area (Å²) in [6.45, 7) is 0. The van der Waals surface area contributed by atoms with E-state index in [1.54, 1.807) is 11.4 Å². The molecule has 10 heteroatoms. The van der Waals surface area contributed by atoms with E-state index in [0.717, 1.165) is 5.01 Å². The first-order valence-corrected chi connectivity index (χ1v) is 9.98. The standard InChI is InChI=1S/C14H14N4O4S2/c15-7-9-3-5-23-14(9)16-13(20)11-1-2-12(19)18(17-11)10-4-6-24(21,22)8-10/h3,5,10H,1-2,4,6,8H2,(H,16,20)/t10-/m1/s1. The Morgan fingerprint density at radius 3 is 2.92 bits per heavy atom. The van der Waals surface area contributed by atoms with Gasteiger partial charge in [0.05, 0.1) is 23.1 Å². The van der Waals surface area contributed by atoms with Crippen LogP contribution < -0.4 is 5.32 Å². The van der Waals surface area contributed by atoms with E-state index in [4.69, 9.17) is 5.26 Å². The highest BCUT2D eigenvalue weighted by Crippen LogP contribution is 2.24. The highest BCUT2D eigenvalue weighted by molar-refractivity contribution is 7.91. The van der Waals surface area contributed by atoms with Crippen molar-refractivity contribution in [2.24, 2.45) is 5.10 Å². The minimum absolute atomic E-state index is 0.0270. The molecule has 0 radical (unpaired) electrons. The zero-order chi connectivity index (χ0) is 17.3. The number of nitrogens with zero attached hydrogens (tertiary/aromatic N) is 3. The number of carbonyl (C=O) groups is 2. The van der Waals surface area contributed by atoms with Gasteiger partial charge in [0.1, 0.15) is 16.8 Å². The van der Waals surface area contributed by atoms with Crippen molar-refractivity contribution in [3.8, 4) is 6.07 Å². The van der Waals surface area contributed by atoms with Crippen LogP contribution in [0.15, 0.2) is 16.5 Å². The number of sulfone groups is 1. The predicted octanol–water partition coefficient (Wildman–Crippen LogP) is 0.724. The molecular formula is C14H14N4O4S2. The molecule has 0 bridgehead atoms. The Balaban J connectivity index is 1.78. The molecule has 126 valence electrons. The summed E-state index contributed by atoms with van der Waals surface area (Å²) in [5, 5.41) is 18.9. The maximum absolute atomic E-state index is 12.3. The summed E-state index contributed by atoms with van der Waals surface area (Å²) in [5.41, 5.74) is 0.524. The number of hydrogen-bond acceptors (Lipinski definition) is 7. The van der Waals surface area contributed by atoms with Gasteiger partial charge in [0.15, 0.2) is 9.84 Å². The number of amides is 2. The first-order chi connectivity index (χ1) is 11.4. The van der Waals surface area contributed by atoms with Crippen molar-refractivity contribution in [3.63, 3.8) is 0 Å². The number of nitrogens with one attached hydrogen (secondary N) is 1. The molecule has 8 nitrogen and oxygen atoms in total. The van der Waals surface area contributed by atoms with Crippen molar-refractivity contribution in [1.82, 2.24) is 5.01 Å². The normalized spacial score (nSPS) is 22.8. The predicted molar refractivity (Wildman–Crippen MR) is 88.2 cm³/mol. The van der Waals surface area contributed by atoms with Gasteiger partial charge in [-0.05, 0) is 17.9 Å². The molecule has 2 amide bonds. The second-order valence-corrected chi connectivity index (χ2v) is 8.72. The largest absolute Gasteiger partial charge is 0.311 e. The fourth-order valence-electron chi connectivity index (χ4n) is 2.66. The maximum atomic E-state index is 12.3. The summed E-state index contributed by atoms with van der Waals surface area (Å²) >= 11 is 1.22. The second-order valence-electron chi connectivity index (χ2n) is 5.57. The van der Waals surface area contributed by atoms with Gasteiger partial charge in [0, 0.05) is 12.8 Å². The summed E-state index contributed by atoms with van der Waals surface area (Å²) in [4.78, 5) is 24.4. The molecule has 0 aromatic carbocycles. The Labute approximate surface area is 142 Å². The summed E-state index contributed by atoms with van der Waals surface area (Å²) in [6.07, 6.45) is 0.627. The fourth-order valence-corrected chi connectivity index (χ4v) is 5.08. The highest BCUT2D eigenvalue weighted by Gasteiger charge is 2.37. The van der Waals surface area contributed by atoms with Crippen LogP contribution in [0.1, 0.15) is 24.8 Å². The van der Waals surface area contributed by atoms with Crippen LogP contribution in [0.3, 0.4) is 0 Å². The van der Waals surface area contributed by atoms with Crippen molar-refractivity contribution in [1.29, 1.82) is 5.26 Å². The number of rotatable bonds is 3. The van der Waals surface area contributed by atoms with Crippen LogP contribution in [0.4, 0.5) is 5.00 Å². The first-order valence-electron chi connectivity index (χ1n) is 7.28. The topological polar surface area (TPSA) is 120 Å². The number of carbonyl (C=O) groups excluding carboxylic acids is 2. The Morgan fingerprint density at radius 1 is 1.46 bits per heavy atom. The lowest BCUT2D eigenvalue weighted by atomic mass is 10.1. The van der Waals surface area contributed by atoms with Crippen LogP contribution >= 0.6 is 11.3 Å². The smallest absolute Gasteiger partial charge is 0.272 e. The van der Waals surface area contributed by atoms with Crippen LogP contribution in [0.2, 0.25) is 0 Å². The third-order valence-electron chi connectivity index (χ3n) is 3.89. The lowest BCUT2D eigenvalue weighted by Gasteiger charge is -2.27. The molecule has 1 fully saturated rings. The second kappa shape index (κ2) is 6.33. The molecule has 0 unspecified atom stereocenters. The van der Waals surface area contributed by atoms with E-state index < -0.39 is 21.8 Å². The Hall–Kier alpha value is -2.25. The van der Waals surface area contributed by atoms with E-state index in [0.29, 0.717) is 17.0 Å². The molecule has 0 aliphatic carbocycles. The number of thiophene rings is 1. The van der Waals surface area contributed by atoms with Gasteiger partial charge in [0.25, 0.3) is 5.91 Å². The zero-order valence-corrected chi connectivity index (χ0v) is 14.2. The van der Waals surface area contributed by atoms with Crippen molar-refractivity contribution in [3.05, 3.63) is 17.0 Å². The van der Waals surface area contributed by atoms with Crippen molar-refractivity contribution in [2.45, 2.75) is 25.3 Å². The molecule has 0 saturated carbocycles. The zero-order valence-electron chi connectivity index (χ0n) is 12.6. The highest BCUT2D eigenvalue weighted by atomic mass is 32.2. The van der Waals surface area contributed by atoms with Crippen LogP contribution in [0, 0.1) is 11.3 Å². The Kier molecular flexibility index (Phi) is 4.38. The van der Waals surface area contributed by atoms with Gasteiger partial charge in [-0.25, -0.2) is 13.4 Å². The van der Waals surface area contributed by atoms with Crippen molar-refractivity contribution < 1.29 is 18.0 Å². The molecule has 1 saturated heterocycles.